The lowest BCUT2D eigenvalue weighted by Crippen LogP contribution is -2.51. The van der Waals surface area contributed by atoms with Crippen molar-refractivity contribution < 1.29 is 9.59 Å². The number of hydrogen-bond donors (Lipinski definition) is 1. The van der Waals surface area contributed by atoms with Gasteiger partial charge in [0, 0.05) is 18.8 Å². The van der Waals surface area contributed by atoms with Gasteiger partial charge < -0.3 is 10.2 Å². The number of nitrogens with zero attached hydrogens (tertiary/aromatic N) is 1. The number of benzene rings is 1. The number of amides is 2. The maximum Gasteiger partial charge on any atom is 0.255 e. The van der Waals surface area contributed by atoms with E-state index in [1.807, 2.05) is 13.8 Å². The molecule has 4 saturated carbocycles. The minimum absolute atomic E-state index is 0.0658. The second-order valence-corrected chi connectivity index (χ2v) is 9.23. The molecule has 1 aromatic rings. The van der Waals surface area contributed by atoms with E-state index >= 15 is 0 Å². The highest BCUT2D eigenvalue weighted by Crippen LogP contribution is 2.60. The van der Waals surface area contributed by atoms with Crippen LogP contribution in [-0.4, -0.2) is 29.8 Å². The summed E-state index contributed by atoms with van der Waals surface area (Å²) in [6, 6.07) is 5.26. The first-order valence-electron chi connectivity index (χ1n) is 10.3. The number of nitrogens with one attached hydrogen (secondary N) is 1. The zero-order valence-corrected chi connectivity index (χ0v) is 17.0. The lowest BCUT2D eigenvalue weighted by atomic mass is 9.49. The van der Waals surface area contributed by atoms with Crippen molar-refractivity contribution in [2.24, 2.45) is 23.2 Å². The van der Waals surface area contributed by atoms with Crippen molar-refractivity contribution in [3.8, 4) is 0 Å². The first-order chi connectivity index (χ1) is 12.9. The summed E-state index contributed by atoms with van der Waals surface area (Å²) < 4.78 is 0. The number of anilines is 1. The third-order valence-corrected chi connectivity index (χ3v) is 7.34. The van der Waals surface area contributed by atoms with Crippen LogP contribution in [0, 0.1) is 23.2 Å². The Kier molecular flexibility index (Phi) is 4.96. The molecule has 1 aromatic carbocycles. The van der Waals surface area contributed by atoms with E-state index in [0.717, 1.165) is 37.0 Å². The molecule has 4 aliphatic rings. The van der Waals surface area contributed by atoms with E-state index in [9.17, 15) is 9.59 Å². The predicted molar refractivity (Wildman–Crippen MR) is 108 cm³/mol. The van der Waals surface area contributed by atoms with E-state index in [4.69, 9.17) is 11.6 Å². The minimum atomic E-state index is -0.184. The van der Waals surface area contributed by atoms with Crippen LogP contribution in [0.15, 0.2) is 18.2 Å². The maximum absolute atomic E-state index is 13.2. The lowest BCUT2D eigenvalue weighted by Gasteiger charge is -2.55. The summed E-state index contributed by atoms with van der Waals surface area (Å²) in [5, 5.41) is 3.51. The Labute approximate surface area is 166 Å². The van der Waals surface area contributed by atoms with Crippen LogP contribution in [0.3, 0.4) is 0 Å². The van der Waals surface area contributed by atoms with Crippen LogP contribution in [0.25, 0.3) is 0 Å². The summed E-state index contributed by atoms with van der Waals surface area (Å²) in [7, 11) is 0. The third kappa shape index (κ3) is 3.37. The molecule has 2 amide bonds. The number of rotatable bonds is 5. The van der Waals surface area contributed by atoms with Crippen LogP contribution < -0.4 is 5.32 Å². The van der Waals surface area contributed by atoms with Crippen LogP contribution in [0.4, 0.5) is 5.69 Å². The van der Waals surface area contributed by atoms with Gasteiger partial charge in [-0.2, -0.15) is 0 Å². The zero-order valence-electron chi connectivity index (χ0n) is 16.3. The average Bonchev–Trinajstić information content (AvgIpc) is 2.61. The van der Waals surface area contributed by atoms with Crippen molar-refractivity contribution in [3.63, 3.8) is 0 Å². The summed E-state index contributed by atoms with van der Waals surface area (Å²) in [6.07, 6.45) is 7.08. The van der Waals surface area contributed by atoms with Crippen LogP contribution in [-0.2, 0) is 4.79 Å². The molecule has 0 atom stereocenters. The molecule has 146 valence electrons. The predicted octanol–water partition coefficient (Wildman–Crippen LogP) is 4.98. The Balaban J connectivity index is 1.49. The van der Waals surface area contributed by atoms with Crippen molar-refractivity contribution in [2.45, 2.75) is 52.4 Å². The third-order valence-electron chi connectivity index (χ3n) is 7.03. The van der Waals surface area contributed by atoms with Crippen molar-refractivity contribution in [2.75, 3.05) is 18.4 Å². The van der Waals surface area contributed by atoms with Gasteiger partial charge in [-0.15, -0.1) is 0 Å². The second kappa shape index (κ2) is 7.12. The summed E-state index contributed by atoms with van der Waals surface area (Å²) in [5.41, 5.74) is 1.00. The summed E-state index contributed by atoms with van der Waals surface area (Å²) in [5.74, 6) is 2.29. The van der Waals surface area contributed by atoms with E-state index in [1.165, 1.54) is 19.3 Å². The van der Waals surface area contributed by atoms with E-state index < -0.39 is 0 Å². The van der Waals surface area contributed by atoms with Gasteiger partial charge in [0.25, 0.3) is 5.91 Å². The molecule has 5 rings (SSSR count). The van der Waals surface area contributed by atoms with Gasteiger partial charge in [-0.05, 0) is 88.3 Å². The topological polar surface area (TPSA) is 49.4 Å². The number of carbonyl (C=O) groups excluding carboxylic acids is 2. The molecular formula is C22H29ClN2O2. The molecule has 4 bridgehead atoms. The molecule has 27 heavy (non-hydrogen) atoms. The molecule has 0 aromatic heterocycles. The molecule has 5 heteroatoms. The van der Waals surface area contributed by atoms with E-state index in [-0.39, 0.29) is 17.2 Å². The molecule has 0 unspecified atom stereocenters. The fourth-order valence-electron chi connectivity index (χ4n) is 6.10. The van der Waals surface area contributed by atoms with E-state index in [1.54, 1.807) is 23.1 Å². The number of halogens is 1. The first kappa shape index (κ1) is 18.8. The first-order valence-corrected chi connectivity index (χ1v) is 10.7. The highest BCUT2D eigenvalue weighted by molar-refractivity contribution is 6.34. The molecule has 0 saturated heterocycles. The van der Waals surface area contributed by atoms with Gasteiger partial charge in [0.2, 0.25) is 5.91 Å². The monoisotopic (exact) mass is 388 g/mol. The highest BCUT2D eigenvalue weighted by atomic mass is 35.5. The lowest BCUT2D eigenvalue weighted by molar-refractivity contribution is -0.140. The normalized spacial score (nSPS) is 31.0. The molecule has 4 nitrogen and oxygen atoms in total. The largest absolute Gasteiger partial charge is 0.339 e. The van der Waals surface area contributed by atoms with Gasteiger partial charge in [0.05, 0.1) is 16.0 Å². The number of carbonyl (C=O) groups is 2. The molecule has 0 radical (unpaired) electrons. The van der Waals surface area contributed by atoms with Crippen molar-refractivity contribution >= 4 is 29.1 Å². The smallest absolute Gasteiger partial charge is 0.255 e. The van der Waals surface area contributed by atoms with Gasteiger partial charge in [-0.3, -0.25) is 9.59 Å². The fourth-order valence-corrected chi connectivity index (χ4v) is 6.36. The van der Waals surface area contributed by atoms with Crippen LogP contribution in [0.2, 0.25) is 5.02 Å². The second-order valence-electron chi connectivity index (χ2n) is 8.82. The zero-order chi connectivity index (χ0) is 19.2. The minimum Gasteiger partial charge on any atom is -0.339 e. The van der Waals surface area contributed by atoms with Crippen LogP contribution >= 0.6 is 11.6 Å². The number of hydrogen-bond acceptors (Lipinski definition) is 2. The standard InChI is InChI=1S/C22H29ClN2O2/c1-3-25(4-2)20(26)18-6-5-17(10-19(18)23)24-21(27)22-11-14-7-15(12-22)9-16(8-14)13-22/h5-6,10,14-16H,3-4,7-9,11-13H2,1-2H3,(H,24,27). The van der Waals surface area contributed by atoms with Crippen molar-refractivity contribution in [1.29, 1.82) is 0 Å². The van der Waals surface area contributed by atoms with Crippen LogP contribution in [0.1, 0.15) is 62.7 Å². The Morgan fingerprint density at radius 3 is 2.11 bits per heavy atom. The summed E-state index contributed by atoms with van der Waals surface area (Å²) >= 11 is 6.39. The molecular weight excluding hydrogens is 360 g/mol. The van der Waals surface area contributed by atoms with Crippen LogP contribution in [0.5, 0.6) is 0 Å². The summed E-state index contributed by atoms with van der Waals surface area (Å²) in [4.78, 5) is 27.5. The quantitative estimate of drug-likeness (QED) is 0.773. The van der Waals surface area contributed by atoms with Gasteiger partial charge in [-0.1, -0.05) is 11.6 Å². The molecule has 0 heterocycles. The van der Waals surface area contributed by atoms with E-state index in [2.05, 4.69) is 5.32 Å². The average molecular weight is 389 g/mol. The van der Waals surface area contributed by atoms with E-state index in [0.29, 0.717) is 29.4 Å². The van der Waals surface area contributed by atoms with Gasteiger partial charge in [0.1, 0.15) is 0 Å². The SMILES string of the molecule is CCN(CC)C(=O)c1ccc(NC(=O)C23CC4CC(CC(C4)C2)C3)cc1Cl. The molecule has 1 N–H and O–H groups in total. The van der Waals surface area contributed by atoms with Gasteiger partial charge in [0.15, 0.2) is 0 Å². The summed E-state index contributed by atoms with van der Waals surface area (Å²) in [6.45, 7) is 5.21. The Bertz CT molecular complexity index is 721. The van der Waals surface area contributed by atoms with Gasteiger partial charge in [-0.25, -0.2) is 0 Å². The molecule has 4 fully saturated rings. The maximum atomic E-state index is 13.2. The van der Waals surface area contributed by atoms with Crippen molar-refractivity contribution in [1.82, 2.24) is 4.90 Å². The Morgan fingerprint density at radius 1 is 1.07 bits per heavy atom. The Hall–Kier alpha value is -1.55. The van der Waals surface area contributed by atoms with Crippen molar-refractivity contribution in [3.05, 3.63) is 28.8 Å². The Morgan fingerprint density at radius 2 is 1.63 bits per heavy atom. The molecule has 0 spiro atoms. The molecule has 4 aliphatic carbocycles. The highest BCUT2D eigenvalue weighted by Gasteiger charge is 2.54. The fraction of sp³-hybridized carbons (Fsp3) is 0.636. The molecule has 0 aliphatic heterocycles. The van der Waals surface area contributed by atoms with Gasteiger partial charge >= 0.3 is 0 Å².